The van der Waals surface area contributed by atoms with Gasteiger partial charge < -0.3 is 4.74 Å². The molecule has 110 valence electrons. The van der Waals surface area contributed by atoms with E-state index >= 15 is 0 Å². The van der Waals surface area contributed by atoms with Crippen LogP contribution in [0.1, 0.15) is 32.8 Å². The molecule has 2 heterocycles. The van der Waals surface area contributed by atoms with Crippen LogP contribution in [-0.4, -0.2) is 23.1 Å². The maximum atomic E-state index is 12.1. The molecule has 3 nitrogen and oxygen atoms in total. The Morgan fingerprint density at radius 3 is 2.86 bits per heavy atom. The van der Waals surface area contributed by atoms with E-state index in [1.807, 2.05) is 27.0 Å². The van der Waals surface area contributed by atoms with Crippen LogP contribution >= 0.6 is 11.3 Å². The first-order valence-corrected chi connectivity index (χ1v) is 7.99. The fourth-order valence-electron chi connectivity index (χ4n) is 2.47. The van der Waals surface area contributed by atoms with Crippen LogP contribution in [-0.2, 0) is 4.74 Å². The Balaban J connectivity index is 1.86. The van der Waals surface area contributed by atoms with Crippen LogP contribution in [0.25, 0.3) is 15.7 Å². The average Bonchev–Trinajstić information content (AvgIpc) is 3.05. The number of benzene rings is 1. The van der Waals surface area contributed by atoms with Gasteiger partial charge in [0.25, 0.3) is 0 Å². The Hall–Kier alpha value is -1.81. The number of hydrogen-bond donors (Lipinski definition) is 0. The van der Waals surface area contributed by atoms with Crippen LogP contribution in [0.5, 0.6) is 0 Å². The molecular weight excluding hydrogens is 282 g/mol. The normalized spacial score (nSPS) is 15.4. The molecule has 0 atom stereocenters. The monoisotopic (exact) mass is 301 g/mol. The lowest BCUT2D eigenvalue weighted by molar-refractivity contribution is 0.0349. The minimum atomic E-state index is -0.457. The predicted octanol–water partition coefficient (Wildman–Crippen LogP) is 4.88. The zero-order valence-electron chi connectivity index (χ0n) is 12.6. The molecular formula is C17H19NO2S. The van der Waals surface area contributed by atoms with E-state index in [4.69, 9.17) is 4.74 Å². The minimum absolute atomic E-state index is 0.268. The van der Waals surface area contributed by atoms with Gasteiger partial charge >= 0.3 is 6.09 Å². The van der Waals surface area contributed by atoms with Gasteiger partial charge in [0.05, 0.1) is 0 Å². The summed E-state index contributed by atoms with van der Waals surface area (Å²) in [7, 11) is 0. The number of ether oxygens (including phenoxy) is 1. The zero-order chi connectivity index (χ0) is 15.0. The Bertz CT molecular complexity index is 709. The summed E-state index contributed by atoms with van der Waals surface area (Å²) in [6.07, 6.45) is 2.54. The minimum Gasteiger partial charge on any atom is -0.443 e. The number of hydrogen-bond acceptors (Lipinski definition) is 3. The van der Waals surface area contributed by atoms with Gasteiger partial charge in [-0.25, -0.2) is 4.79 Å². The molecule has 0 fully saturated rings. The maximum Gasteiger partial charge on any atom is 0.414 e. The number of rotatable bonds is 1. The lowest BCUT2D eigenvalue weighted by Crippen LogP contribution is -2.32. The summed E-state index contributed by atoms with van der Waals surface area (Å²) in [6, 6.07) is 8.45. The van der Waals surface area contributed by atoms with Crippen molar-refractivity contribution >= 4 is 33.1 Å². The van der Waals surface area contributed by atoms with Gasteiger partial charge in [-0.3, -0.25) is 4.90 Å². The molecule has 1 aliphatic rings. The van der Waals surface area contributed by atoms with Crippen LogP contribution in [0.15, 0.2) is 35.8 Å². The Morgan fingerprint density at radius 1 is 1.29 bits per heavy atom. The van der Waals surface area contributed by atoms with Gasteiger partial charge in [-0.1, -0.05) is 18.2 Å². The van der Waals surface area contributed by atoms with E-state index in [9.17, 15) is 4.79 Å². The molecule has 0 saturated carbocycles. The highest BCUT2D eigenvalue weighted by Crippen LogP contribution is 2.34. The lowest BCUT2D eigenvalue weighted by Gasteiger charge is -2.23. The molecule has 1 aliphatic heterocycles. The van der Waals surface area contributed by atoms with Crippen molar-refractivity contribution in [3.8, 4) is 0 Å². The molecule has 0 N–H and O–H groups in total. The Labute approximate surface area is 128 Å². The molecule has 0 unspecified atom stereocenters. The van der Waals surface area contributed by atoms with E-state index in [0.717, 1.165) is 6.42 Å². The Morgan fingerprint density at radius 2 is 2.10 bits per heavy atom. The SMILES string of the molecule is CC(C)(C)OC(=O)N1C=C(c2cccc3ccsc23)CC1. The van der Waals surface area contributed by atoms with Crippen molar-refractivity contribution in [2.75, 3.05) is 6.54 Å². The fourth-order valence-corrected chi connectivity index (χ4v) is 3.42. The highest BCUT2D eigenvalue weighted by Gasteiger charge is 2.25. The quantitative estimate of drug-likeness (QED) is 0.751. The Kier molecular flexibility index (Phi) is 3.49. The first kappa shape index (κ1) is 14.1. The molecule has 21 heavy (non-hydrogen) atoms. The van der Waals surface area contributed by atoms with E-state index in [0.29, 0.717) is 6.54 Å². The van der Waals surface area contributed by atoms with Crippen molar-refractivity contribution in [1.29, 1.82) is 0 Å². The molecule has 3 rings (SSSR count). The van der Waals surface area contributed by atoms with Crippen molar-refractivity contribution in [1.82, 2.24) is 4.90 Å². The molecule has 0 aliphatic carbocycles. The number of thiophene rings is 1. The van der Waals surface area contributed by atoms with Crippen molar-refractivity contribution in [2.24, 2.45) is 0 Å². The van der Waals surface area contributed by atoms with Gasteiger partial charge in [-0.05, 0) is 55.2 Å². The lowest BCUT2D eigenvalue weighted by atomic mass is 10.0. The molecule has 0 spiro atoms. The molecule has 0 radical (unpaired) electrons. The molecule has 1 aromatic heterocycles. The van der Waals surface area contributed by atoms with Crippen molar-refractivity contribution in [3.05, 3.63) is 41.4 Å². The van der Waals surface area contributed by atoms with Gasteiger partial charge in [-0.2, -0.15) is 0 Å². The van der Waals surface area contributed by atoms with Gasteiger partial charge in [0, 0.05) is 17.4 Å². The number of carbonyl (C=O) groups excluding carboxylic acids is 1. The fraction of sp³-hybridized carbons (Fsp3) is 0.353. The topological polar surface area (TPSA) is 29.5 Å². The summed E-state index contributed by atoms with van der Waals surface area (Å²) in [5.74, 6) is 0. The molecule has 1 aromatic carbocycles. The smallest absolute Gasteiger partial charge is 0.414 e. The zero-order valence-corrected chi connectivity index (χ0v) is 13.4. The number of amides is 1. The summed E-state index contributed by atoms with van der Waals surface area (Å²) < 4.78 is 6.71. The van der Waals surface area contributed by atoms with Crippen LogP contribution in [0.2, 0.25) is 0 Å². The standard InChI is InChI=1S/C17H19NO2S/c1-17(2,3)20-16(19)18-9-7-13(11-18)14-6-4-5-12-8-10-21-15(12)14/h4-6,8,10-11H,7,9H2,1-3H3. The highest BCUT2D eigenvalue weighted by atomic mass is 32.1. The molecule has 2 aromatic rings. The van der Waals surface area contributed by atoms with Crippen LogP contribution < -0.4 is 0 Å². The van der Waals surface area contributed by atoms with Crippen LogP contribution in [0.3, 0.4) is 0 Å². The number of nitrogens with zero attached hydrogens (tertiary/aromatic N) is 1. The van der Waals surface area contributed by atoms with E-state index in [2.05, 4.69) is 29.6 Å². The summed E-state index contributed by atoms with van der Waals surface area (Å²) in [5.41, 5.74) is 1.98. The van der Waals surface area contributed by atoms with Crippen LogP contribution in [0.4, 0.5) is 4.79 Å². The van der Waals surface area contributed by atoms with Crippen LogP contribution in [0, 0.1) is 0 Å². The second-order valence-electron chi connectivity index (χ2n) is 6.22. The van der Waals surface area contributed by atoms with Crippen molar-refractivity contribution < 1.29 is 9.53 Å². The first-order chi connectivity index (χ1) is 9.94. The van der Waals surface area contributed by atoms with E-state index in [1.54, 1.807) is 16.2 Å². The van der Waals surface area contributed by atoms with Gasteiger partial charge in [0.1, 0.15) is 5.60 Å². The summed E-state index contributed by atoms with van der Waals surface area (Å²) >= 11 is 1.74. The van der Waals surface area contributed by atoms with E-state index in [1.165, 1.54) is 21.2 Å². The second-order valence-corrected chi connectivity index (χ2v) is 7.14. The van der Waals surface area contributed by atoms with Gasteiger partial charge in [0.2, 0.25) is 0 Å². The number of carbonyl (C=O) groups is 1. The summed E-state index contributed by atoms with van der Waals surface area (Å²) in [5, 5.41) is 3.36. The van der Waals surface area contributed by atoms with Crippen molar-refractivity contribution in [3.63, 3.8) is 0 Å². The largest absolute Gasteiger partial charge is 0.443 e. The molecule has 0 saturated heterocycles. The number of fused-ring (bicyclic) bond motifs is 1. The third kappa shape index (κ3) is 2.95. The molecule has 0 bridgehead atoms. The first-order valence-electron chi connectivity index (χ1n) is 7.11. The average molecular weight is 301 g/mol. The maximum absolute atomic E-state index is 12.1. The summed E-state index contributed by atoms with van der Waals surface area (Å²) in [6.45, 7) is 6.35. The third-order valence-electron chi connectivity index (χ3n) is 3.39. The molecule has 4 heteroatoms. The second kappa shape index (κ2) is 5.19. The van der Waals surface area contributed by atoms with Gasteiger partial charge in [-0.15, -0.1) is 11.3 Å². The van der Waals surface area contributed by atoms with Crippen molar-refractivity contribution in [2.45, 2.75) is 32.8 Å². The predicted molar refractivity (Wildman–Crippen MR) is 87.4 cm³/mol. The molecule has 1 amide bonds. The van der Waals surface area contributed by atoms with E-state index in [-0.39, 0.29) is 6.09 Å². The highest BCUT2D eigenvalue weighted by molar-refractivity contribution is 7.17. The van der Waals surface area contributed by atoms with E-state index < -0.39 is 5.60 Å². The summed E-state index contributed by atoms with van der Waals surface area (Å²) in [4.78, 5) is 13.8. The third-order valence-corrected chi connectivity index (χ3v) is 4.35. The van der Waals surface area contributed by atoms with Gasteiger partial charge in [0.15, 0.2) is 0 Å².